The number of hydrogen-bond donors (Lipinski definition) is 1. The van der Waals surface area contributed by atoms with Crippen molar-refractivity contribution in [1.29, 1.82) is 0 Å². The molecule has 0 aliphatic heterocycles. The maximum atomic E-state index is 12.3. The molecular weight excluding hydrogens is 219 g/mol. The fourth-order valence-electron chi connectivity index (χ4n) is 1.45. The molecule has 0 aliphatic rings. The summed E-state index contributed by atoms with van der Waals surface area (Å²) in [6.07, 6.45) is -4.29. The normalized spacial score (nSPS) is 13.8. The minimum absolute atomic E-state index is 0.0627. The van der Waals surface area contributed by atoms with Gasteiger partial charge in [0.15, 0.2) is 0 Å². The maximum absolute atomic E-state index is 12.3. The Balaban J connectivity index is 2.85. The van der Waals surface area contributed by atoms with Crippen LogP contribution >= 0.6 is 0 Å². The molecule has 5 heteroatoms. The number of nitrogens with two attached hydrogens (primary N) is 1. The molecule has 0 aromatic heterocycles. The van der Waals surface area contributed by atoms with Crippen molar-refractivity contribution in [2.45, 2.75) is 12.1 Å². The Morgan fingerprint density at radius 1 is 1.25 bits per heavy atom. The lowest BCUT2D eigenvalue weighted by Crippen LogP contribution is -2.17. The topological polar surface area (TPSA) is 35.2 Å². The van der Waals surface area contributed by atoms with Gasteiger partial charge < -0.3 is 10.5 Å². The molecule has 2 N–H and O–H groups in total. The zero-order valence-corrected chi connectivity index (χ0v) is 8.92. The fourth-order valence-corrected chi connectivity index (χ4v) is 1.45. The van der Waals surface area contributed by atoms with Crippen LogP contribution in [0.4, 0.5) is 13.2 Å². The average Bonchev–Trinajstić information content (AvgIpc) is 2.25. The number of benzene rings is 1. The first-order chi connectivity index (χ1) is 7.49. The SMILES string of the molecule is COCC(CN)c1ccc(C(F)(F)F)cc1. The predicted octanol–water partition coefficient (Wildman–Crippen LogP) is 2.39. The van der Waals surface area contributed by atoms with Crippen LogP contribution < -0.4 is 5.73 Å². The average molecular weight is 233 g/mol. The largest absolute Gasteiger partial charge is 0.416 e. The third-order valence-electron chi connectivity index (χ3n) is 2.36. The lowest BCUT2D eigenvalue weighted by Gasteiger charge is -2.15. The highest BCUT2D eigenvalue weighted by Crippen LogP contribution is 2.30. The summed E-state index contributed by atoms with van der Waals surface area (Å²) in [6.45, 7) is 0.751. The van der Waals surface area contributed by atoms with Crippen LogP contribution in [0.25, 0.3) is 0 Å². The van der Waals surface area contributed by atoms with E-state index in [1.807, 2.05) is 0 Å². The molecule has 0 bridgehead atoms. The van der Waals surface area contributed by atoms with Gasteiger partial charge in [-0.3, -0.25) is 0 Å². The Labute approximate surface area is 92.2 Å². The Morgan fingerprint density at radius 3 is 2.19 bits per heavy atom. The summed E-state index contributed by atoms with van der Waals surface area (Å²) < 4.78 is 41.8. The predicted molar refractivity (Wildman–Crippen MR) is 55.1 cm³/mol. The van der Waals surface area contributed by atoms with Crippen molar-refractivity contribution in [2.24, 2.45) is 5.73 Å². The first-order valence-corrected chi connectivity index (χ1v) is 4.85. The van der Waals surface area contributed by atoms with Crippen LogP contribution in [-0.4, -0.2) is 20.3 Å². The summed E-state index contributed by atoms with van der Waals surface area (Å²) >= 11 is 0. The maximum Gasteiger partial charge on any atom is 0.416 e. The van der Waals surface area contributed by atoms with E-state index >= 15 is 0 Å². The number of alkyl halides is 3. The third-order valence-corrected chi connectivity index (χ3v) is 2.36. The van der Waals surface area contributed by atoms with Gasteiger partial charge in [-0.1, -0.05) is 12.1 Å². The Hall–Kier alpha value is -1.07. The van der Waals surface area contributed by atoms with Crippen LogP contribution in [0.5, 0.6) is 0 Å². The Morgan fingerprint density at radius 2 is 1.81 bits per heavy atom. The first kappa shape index (κ1) is 13.0. The van der Waals surface area contributed by atoms with E-state index in [2.05, 4.69) is 0 Å². The van der Waals surface area contributed by atoms with Gasteiger partial charge in [0.05, 0.1) is 12.2 Å². The van der Waals surface area contributed by atoms with E-state index in [1.165, 1.54) is 19.2 Å². The highest BCUT2D eigenvalue weighted by molar-refractivity contribution is 5.27. The van der Waals surface area contributed by atoms with E-state index in [0.29, 0.717) is 13.2 Å². The van der Waals surface area contributed by atoms with E-state index in [0.717, 1.165) is 17.7 Å². The van der Waals surface area contributed by atoms with Gasteiger partial charge in [0.2, 0.25) is 0 Å². The van der Waals surface area contributed by atoms with Gasteiger partial charge in [-0.2, -0.15) is 13.2 Å². The first-order valence-electron chi connectivity index (χ1n) is 4.85. The molecular formula is C11H14F3NO. The molecule has 0 amide bonds. The quantitative estimate of drug-likeness (QED) is 0.866. The van der Waals surface area contributed by atoms with Gasteiger partial charge in [0, 0.05) is 19.6 Å². The number of hydrogen-bond acceptors (Lipinski definition) is 2. The summed E-state index contributed by atoms with van der Waals surface area (Å²) in [6, 6.07) is 5.01. The Bertz CT molecular complexity index is 321. The second kappa shape index (κ2) is 5.32. The van der Waals surface area contributed by atoms with Gasteiger partial charge in [0.1, 0.15) is 0 Å². The van der Waals surface area contributed by atoms with Crippen LogP contribution in [0.1, 0.15) is 17.0 Å². The molecule has 0 radical (unpaired) electrons. The van der Waals surface area contributed by atoms with Crippen molar-refractivity contribution in [3.63, 3.8) is 0 Å². The molecule has 0 spiro atoms. The molecule has 1 atom stereocenters. The summed E-state index contributed by atoms with van der Waals surface area (Å²) in [7, 11) is 1.53. The van der Waals surface area contributed by atoms with Gasteiger partial charge in [0.25, 0.3) is 0 Å². The summed E-state index contributed by atoms with van der Waals surface area (Å²) in [4.78, 5) is 0. The molecule has 0 fully saturated rings. The van der Waals surface area contributed by atoms with Crippen molar-refractivity contribution in [3.05, 3.63) is 35.4 Å². The minimum atomic E-state index is -4.29. The van der Waals surface area contributed by atoms with Gasteiger partial charge in [-0.15, -0.1) is 0 Å². The smallest absolute Gasteiger partial charge is 0.384 e. The molecule has 2 nitrogen and oxygen atoms in total. The van der Waals surface area contributed by atoms with E-state index in [-0.39, 0.29) is 5.92 Å². The van der Waals surface area contributed by atoms with Crippen LogP contribution in [0.3, 0.4) is 0 Å². The lowest BCUT2D eigenvalue weighted by molar-refractivity contribution is -0.137. The van der Waals surface area contributed by atoms with Crippen molar-refractivity contribution >= 4 is 0 Å². The minimum Gasteiger partial charge on any atom is -0.384 e. The van der Waals surface area contributed by atoms with Crippen LogP contribution in [0, 0.1) is 0 Å². The van der Waals surface area contributed by atoms with Gasteiger partial charge >= 0.3 is 6.18 Å². The van der Waals surface area contributed by atoms with E-state index < -0.39 is 11.7 Å². The molecule has 16 heavy (non-hydrogen) atoms. The lowest BCUT2D eigenvalue weighted by atomic mass is 9.99. The molecule has 90 valence electrons. The highest BCUT2D eigenvalue weighted by atomic mass is 19.4. The second-order valence-corrected chi connectivity index (χ2v) is 3.51. The monoisotopic (exact) mass is 233 g/mol. The molecule has 1 aromatic carbocycles. The van der Waals surface area contributed by atoms with Crippen LogP contribution in [-0.2, 0) is 10.9 Å². The molecule has 1 rings (SSSR count). The molecule has 0 saturated heterocycles. The van der Waals surface area contributed by atoms with Crippen molar-refractivity contribution in [3.8, 4) is 0 Å². The number of methoxy groups -OCH3 is 1. The number of rotatable bonds is 4. The standard InChI is InChI=1S/C11H14F3NO/c1-16-7-9(6-15)8-2-4-10(5-3-8)11(12,13)14/h2-5,9H,6-7,15H2,1H3. The molecule has 0 aliphatic carbocycles. The molecule has 0 heterocycles. The summed E-state index contributed by atoms with van der Waals surface area (Å²) in [5.74, 6) is -0.0627. The Kier molecular flexibility index (Phi) is 4.32. The second-order valence-electron chi connectivity index (χ2n) is 3.51. The van der Waals surface area contributed by atoms with Crippen molar-refractivity contribution in [2.75, 3.05) is 20.3 Å². The van der Waals surface area contributed by atoms with Crippen LogP contribution in [0.2, 0.25) is 0 Å². The van der Waals surface area contributed by atoms with Gasteiger partial charge in [-0.25, -0.2) is 0 Å². The van der Waals surface area contributed by atoms with Crippen molar-refractivity contribution < 1.29 is 17.9 Å². The van der Waals surface area contributed by atoms with Crippen molar-refractivity contribution in [1.82, 2.24) is 0 Å². The summed E-state index contributed by atoms with van der Waals surface area (Å²) in [5, 5.41) is 0. The fraction of sp³-hybridized carbons (Fsp3) is 0.455. The molecule has 1 unspecified atom stereocenters. The van der Waals surface area contributed by atoms with E-state index in [4.69, 9.17) is 10.5 Å². The third kappa shape index (κ3) is 3.21. The number of ether oxygens (including phenoxy) is 1. The van der Waals surface area contributed by atoms with E-state index in [9.17, 15) is 13.2 Å². The molecule has 0 saturated carbocycles. The molecule has 1 aromatic rings. The van der Waals surface area contributed by atoms with Gasteiger partial charge in [-0.05, 0) is 17.7 Å². The highest BCUT2D eigenvalue weighted by Gasteiger charge is 2.30. The van der Waals surface area contributed by atoms with E-state index in [1.54, 1.807) is 0 Å². The zero-order chi connectivity index (χ0) is 12.2. The zero-order valence-electron chi connectivity index (χ0n) is 8.92. The van der Waals surface area contributed by atoms with Crippen LogP contribution in [0.15, 0.2) is 24.3 Å². The summed E-state index contributed by atoms with van der Waals surface area (Å²) in [5.41, 5.74) is 5.63. The number of halogens is 3.